The maximum atomic E-state index is 11.2. The molecule has 1 aromatic carbocycles. The number of H-pyrrole nitrogens is 1. The molecule has 2 rings (SSSR count). The van der Waals surface area contributed by atoms with Crippen molar-refractivity contribution in [1.82, 2.24) is 9.97 Å². The molecule has 96 valence electrons. The zero-order chi connectivity index (χ0) is 13.4. The summed E-state index contributed by atoms with van der Waals surface area (Å²) in [5.41, 5.74) is 3.99. The van der Waals surface area contributed by atoms with Crippen molar-refractivity contribution in [2.45, 2.75) is 33.6 Å². The minimum Gasteiger partial charge on any atom is -0.549 e. The van der Waals surface area contributed by atoms with Gasteiger partial charge in [-0.1, -0.05) is 13.8 Å². The molecule has 1 N–H and O–H groups in total. The Morgan fingerprint density at radius 1 is 1.26 bits per heavy atom. The topological polar surface area (TPSA) is 68.8 Å². The van der Waals surface area contributed by atoms with Crippen LogP contribution in [0.25, 0.3) is 11.0 Å². The van der Waals surface area contributed by atoms with Crippen LogP contribution < -0.4 is 24.0 Å². The number of aromatic amines is 1. The Morgan fingerprint density at radius 3 is 2.37 bits per heavy atom. The largest absolute Gasteiger partial charge is 1.00 e. The summed E-state index contributed by atoms with van der Waals surface area (Å²) in [7, 11) is 0. The number of fused-ring (bicyclic) bond motifs is 1. The zero-order valence-electron chi connectivity index (χ0n) is 12.1. The summed E-state index contributed by atoms with van der Waals surface area (Å²) in [6.07, 6.45) is 0. The number of aryl methyl sites for hydroxylation is 2. The number of hydrogen-bond donors (Lipinski definition) is 1. The number of hydrogen-bond acceptors (Lipinski definition) is 3. The van der Waals surface area contributed by atoms with E-state index in [4.69, 9.17) is 0 Å². The van der Waals surface area contributed by atoms with Gasteiger partial charge in [-0.05, 0) is 43.0 Å². The van der Waals surface area contributed by atoms with Gasteiger partial charge in [0.15, 0.2) is 0 Å². The third-order valence-corrected chi connectivity index (χ3v) is 3.33. The first-order valence-corrected chi connectivity index (χ1v) is 6.08. The first kappa shape index (κ1) is 15.8. The van der Waals surface area contributed by atoms with Crippen LogP contribution in [0, 0.1) is 19.8 Å². The molecule has 0 fully saturated rings. The fourth-order valence-corrected chi connectivity index (χ4v) is 2.14. The molecule has 19 heavy (non-hydrogen) atoms. The SMILES string of the molecule is Cc1cc2nc(C(C(=O)[O-])C(C)C)[nH]c2cc1C.[Li+]. The van der Waals surface area contributed by atoms with Gasteiger partial charge in [-0.2, -0.15) is 0 Å². The summed E-state index contributed by atoms with van der Waals surface area (Å²) in [6.45, 7) is 7.74. The molecule has 0 aliphatic rings. The van der Waals surface area contributed by atoms with Gasteiger partial charge in [0.25, 0.3) is 0 Å². The average Bonchev–Trinajstić information content (AvgIpc) is 2.59. The third-order valence-electron chi connectivity index (χ3n) is 3.33. The Bertz CT molecular complexity index is 566. The van der Waals surface area contributed by atoms with E-state index in [0.29, 0.717) is 5.82 Å². The Morgan fingerprint density at radius 2 is 1.84 bits per heavy atom. The predicted octanol–water partition coefficient (Wildman–Crippen LogP) is -1.33. The van der Waals surface area contributed by atoms with Crippen molar-refractivity contribution < 1.29 is 28.8 Å². The molecule has 2 aromatic rings. The Hall–Kier alpha value is -1.24. The van der Waals surface area contributed by atoms with Crippen LogP contribution in [0.4, 0.5) is 0 Å². The van der Waals surface area contributed by atoms with Gasteiger partial charge in [0.1, 0.15) is 5.82 Å². The van der Waals surface area contributed by atoms with Gasteiger partial charge in [0.2, 0.25) is 0 Å². The molecule has 1 heterocycles. The number of imidazole rings is 1. The molecule has 1 aromatic heterocycles. The minimum atomic E-state index is -1.09. The van der Waals surface area contributed by atoms with E-state index in [-0.39, 0.29) is 24.8 Å². The Kier molecular flexibility index (Phi) is 4.84. The molecular formula is C14H17LiN2O2. The van der Waals surface area contributed by atoms with Gasteiger partial charge >= 0.3 is 18.9 Å². The van der Waals surface area contributed by atoms with Crippen LogP contribution in [0.15, 0.2) is 12.1 Å². The van der Waals surface area contributed by atoms with Crippen molar-refractivity contribution in [1.29, 1.82) is 0 Å². The number of rotatable bonds is 3. The molecule has 5 heteroatoms. The van der Waals surface area contributed by atoms with Crippen LogP contribution in [0.3, 0.4) is 0 Å². The summed E-state index contributed by atoms with van der Waals surface area (Å²) in [5, 5.41) is 11.2. The second kappa shape index (κ2) is 5.81. The number of aromatic nitrogens is 2. The number of nitrogens with one attached hydrogen (secondary N) is 1. The number of carbonyl (C=O) groups is 1. The minimum absolute atomic E-state index is 0. The van der Waals surface area contributed by atoms with Crippen LogP contribution in [0.5, 0.6) is 0 Å². The van der Waals surface area contributed by atoms with Crippen LogP contribution >= 0.6 is 0 Å². The van der Waals surface area contributed by atoms with E-state index in [1.807, 2.05) is 39.8 Å². The van der Waals surface area contributed by atoms with E-state index in [1.165, 1.54) is 0 Å². The summed E-state index contributed by atoms with van der Waals surface area (Å²) < 4.78 is 0. The molecule has 4 nitrogen and oxygen atoms in total. The first-order chi connectivity index (χ1) is 8.40. The monoisotopic (exact) mass is 252 g/mol. The smallest absolute Gasteiger partial charge is 0.549 e. The van der Waals surface area contributed by atoms with Crippen molar-refractivity contribution in [2.75, 3.05) is 0 Å². The summed E-state index contributed by atoms with van der Waals surface area (Å²) in [6, 6.07) is 3.96. The molecule has 0 radical (unpaired) electrons. The van der Waals surface area contributed by atoms with Crippen LogP contribution in [0.2, 0.25) is 0 Å². The maximum absolute atomic E-state index is 11.2. The van der Waals surface area contributed by atoms with Crippen molar-refractivity contribution in [2.24, 2.45) is 5.92 Å². The van der Waals surface area contributed by atoms with E-state index in [9.17, 15) is 9.90 Å². The van der Waals surface area contributed by atoms with E-state index in [0.717, 1.165) is 22.2 Å². The number of benzene rings is 1. The molecule has 1 unspecified atom stereocenters. The normalized spacial score (nSPS) is 12.5. The summed E-state index contributed by atoms with van der Waals surface area (Å²) in [5.74, 6) is -1.36. The third kappa shape index (κ3) is 3.02. The molecule has 0 bridgehead atoms. The fraction of sp³-hybridized carbons (Fsp3) is 0.429. The van der Waals surface area contributed by atoms with E-state index in [1.54, 1.807) is 0 Å². The number of carbonyl (C=O) groups excluding carboxylic acids is 1. The Balaban J connectivity index is 0.00000180. The number of nitrogens with zero attached hydrogens (tertiary/aromatic N) is 1. The van der Waals surface area contributed by atoms with Gasteiger partial charge in [-0.3, -0.25) is 0 Å². The van der Waals surface area contributed by atoms with Crippen LogP contribution in [-0.2, 0) is 4.79 Å². The molecule has 0 aliphatic heterocycles. The second-order valence-corrected chi connectivity index (χ2v) is 5.12. The van der Waals surface area contributed by atoms with Crippen molar-refractivity contribution >= 4 is 17.0 Å². The van der Waals surface area contributed by atoms with Gasteiger partial charge < -0.3 is 14.9 Å². The zero-order valence-corrected chi connectivity index (χ0v) is 12.1. The van der Waals surface area contributed by atoms with Gasteiger partial charge in [0, 0.05) is 0 Å². The predicted molar refractivity (Wildman–Crippen MR) is 68.2 cm³/mol. The molecule has 0 saturated carbocycles. The van der Waals surface area contributed by atoms with Crippen molar-refractivity contribution in [3.05, 3.63) is 29.1 Å². The molecule has 0 aliphatic carbocycles. The van der Waals surface area contributed by atoms with Crippen LogP contribution in [0.1, 0.15) is 36.7 Å². The average molecular weight is 252 g/mol. The summed E-state index contributed by atoms with van der Waals surface area (Å²) >= 11 is 0. The first-order valence-electron chi connectivity index (χ1n) is 6.08. The number of aliphatic carboxylic acids is 1. The number of carboxylic acids is 1. The quantitative estimate of drug-likeness (QED) is 0.688. The fourth-order valence-electron chi connectivity index (χ4n) is 2.14. The van der Waals surface area contributed by atoms with Crippen molar-refractivity contribution in [3.63, 3.8) is 0 Å². The van der Waals surface area contributed by atoms with Gasteiger partial charge in [0.05, 0.1) is 22.9 Å². The van der Waals surface area contributed by atoms with E-state index in [2.05, 4.69) is 9.97 Å². The van der Waals surface area contributed by atoms with E-state index < -0.39 is 11.9 Å². The second-order valence-electron chi connectivity index (χ2n) is 5.12. The molecule has 0 amide bonds. The molecule has 0 saturated heterocycles. The molecule has 0 spiro atoms. The molecular weight excluding hydrogens is 235 g/mol. The number of carboxylic acid groups (broad SMARTS) is 1. The maximum Gasteiger partial charge on any atom is 1.00 e. The van der Waals surface area contributed by atoms with Gasteiger partial charge in [-0.25, -0.2) is 4.98 Å². The molecule has 1 atom stereocenters. The standard InChI is InChI=1S/C14H18N2O2.Li/c1-7(2)12(14(17)18)13-15-10-5-8(3)9(4)6-11(10)16-13;/h5-7,12H,1-4H3,(H,15,16)(H,17,18);/q;+1/p-1. The van der Waals surface area contributed by atoms with Gasteiger partial charge in [-0.15, -0.1) is 0 Å². The Labute approximate surface area is 124 Å². The van der Waals surface area contributed by atoms with Crippen molar-refractivity contribution in [3.8, 4) is 0 Å². The van der Waals surface area contributed by atoms with E-state index >= 15 is 0 Å². The summed E-state index contributed by atoms with van der Waals surface area (Å²) in [4.78, 5) is 18.7. The van der Waals surface area contributed by atoms with Crippen LogP contribution in [-0.4, -0.2) is 15.9 Å².